The zero-order valence-corrected chi connectivity index (χ0v) is 18.8. The summed E-state index contributed by atoms with van der Waals surface area (Å²) in [5.74, 6) is -1.34. The van der Waals surface area contributed by atoms with Crippen LogP contribution >= 0.6 is 23.2 Å². The van der Waals surface area contributed by atoms with Gasteiger partial charge in [-0.15, -0.1) is 0 Å². The Hall–Kier alpha value is -2.09. The van der Waals surface area contributed by atoms with Gasteiger partial charge < -0.3 is 14.4 Å². The van der Waals surface area contributed by atoms with Crippen LogP contribution in [0.2, 0.25) is 10.0 Å². The SMILES string of the molecule is CCOC(=O)C(Cc1cncn1Cc1cc(Cl)cc(Cl)c1)N[C@@H](CC(C)C)C(=O)O. The molecule has 1 heterocycles. The molecule has 164 valence electrons. The molecule has 1 aromatic heterocycles. The highest BCUT2D eigenvalue weighted by molar-refractivity contribution is 6.34. The third kappa shape index (κ3) is 7.31. The Labute approximate surface area is 186 Å². The highest BCUT2D eigenvalue weighted by Crippen LogP contribution is 2.20. The van der Waals surface area contributed by atoms with Crippen molar-refractivity contribution in [1.82, 2.24) is 14.9 Å². The number of ether oxygens (including phenoxy) is 1. The van der Waals surface area contributed by atoms with Gasteiger partial charge in [0.15, 0.2) is 0 Å². The van der Waals surface area contributed by atoms with Crippen LogP contribution in [0.15, 0.2) is 30.7 Å². The highest BCUT2D eigenvalue weighted by atomic mass is 35.5. The van der Waals surface area contributed by atoms with Gasteiger partial charge in [-0.2, -0.15) is 0 Å². The molecule has 0 bridgehead atoms. The van der Waals surface area contributed by atoms with Gasteiger partial charge in [-0.3, -0.25) is 14.9 Å². The lowest BCUT2D eigenvalue weighted by atomic mass is 10.0. The summed E-state index contributed by atoms with van der Waals surface area (Å²) in [4.78, 5) is 28.4. The Morgan fingerprint density at radius 1 is 1.20 bits per heavy atom. The average Bonchev–Trinajstić information content (AvgIpc) is 3.06. The molecule has 0 fully saturated rings. The van der Waals surface area contributed by atoms with Gasteiger partial charge in [-0.05, 0) is 43.0 Å². The quantitative estimate of drug-likeness (QED) is 0.500. The molecule has 9 heteroatoms. The molecule has 2 rings (SSSR count). The van der Waals surface area contributed by atoms with E-state index in [-0.39, 0.29) is 18.9 Å². The molecule has 7 nitrogen and oxygen atoms in total. The largest absolute Gasteiger partial charge is 0.480 e. The summed E-state index contributed by atoms with van der Waals surface area (Å²) in [5.41, 5.74) is 1.64. The van der Waals surface area contributed by atoms with Crippen LogP contribution in [0.25, 0.3) is 0 Å². The fraction of sp³-hybridized carbons (Fsp3) is 0.476. The standard InChI is InChI=1S/C21H27Cl2N3O4/c1-4-30-21(29)19(25-18(20(27)28)5-13(2)3)9-17-10-24-12-26(17)11-14-6-15(22)8-16(23)7-14/h6-8,10,12-13,18-19,25H,4-5,9,11H2,1-3H3,(H,27,28)/t18-,19?/m0/s1. The monoisotopic (exact) mass is 455 g/mol. The molecule has 0 spiro atoms. The topological polar surface area (TPSA) is 93.5 Å². The molecule has 2 atom stereocenters. The third-order valence-corrected chi connectivity index (χ3v) is 4.90. The van der Waals surface area contributed by atoms with Gasteiger partial charge in [0, 0.05) is 34.9 Å². The fourth-order valence-corrected chi connectivity index (χ4v) is 3.75. The number of benzene rings is 1. The van der Waals surface area contributed by atoms with Crippen molar-refractivity contribution in [3.05, 3.63) is 52.0 Å². The van der Waals surface area contributed by atoms with Crippen molar-refractivity contribution in [2.24, 2.45) is 5.92 Å². The van der Waals surface area contributed by atoms with Crippen molar-refractivity contribution >= 4 is 35.1 Å². The molecule has 1 aromatic carbocycles. The van der Waals surface area contributed by atoms with Crippen LogP contribution in [0.3, 0.4) is 0 Å². The smallest absolute Gasteiger partial charge is 0.323 e. The second kappa shape index (κ2) is 11.3. The summed E-state index contributed by atoms with van der Waals surface area (Å²) in [7, 11) is 0. The predicted molar refractivity (Wildman–Crippen MR) is 116 cm³/mol. The third-order valence-electron chi connectivity index (χ3n) is 4.47. The number of carboxylic acids is 1. The van der Waals surface area contributed by atoms with Crippen molar-refractivity contribution in [3.63, 3.8) is 0 Å². The van der Waals surface area contributed by atoms with Gasteiger partial charge in [-0.1, -0.05) is 37.0 Å². The molecular weight excluding hydrogens is 429 g/mol. The minimum absolute atomic E-state index is 0.152. The molecule has 0 saturated carbocycles. The number of aromatic nitrogens is 2. The summed E-state index contributed by atoms with van der Waals surface area (Å²) in [5, 5.41) is 13.6. The number of hydrogen-bond acceptors (Lipinski definition) is 5. The molecule has 0 radical (unpaired) electrons. The molecule has 30 heavy (non-hydrogen) atoms. The second-order valence-electron chi connectivity index (χ2n) is 7.49. The first-order chi connectivity index (χ1) is 14.2. The van der Waals surface area contributed by atoms with E-state index in [9.17, 15) is 14.7 Å². The van der Waals surface area contributed by atoms with Crippen LogP contribution in [-0.2, 0) is 27.3 Å². The number of hydrogen-bond donors (Lipinski definition) is 2. The molecule has 0 amide bonds. The zero-order chi connectivity index (χ0) is 22.3. The number of nitrogens with zero attached hydrogens (tertiary/aromatic N) is 2. The Morgan fingerprint density at radius 2 is 1.87 bits per heavy atom. The van der Waals surface area contributed by atoms with E-state index in [1.165, 1.54) is 0 Å². The molecule has 2 N–H and O–H groups in total. The van der Waals surface area contributed by atoms with E-state index >= 15 is 0 Å². The summed E-state index contributed by atoms with van der Waals surface area (Å²) in [6.07, 6.45) is 3.92. The molecule has 2 aromatic rings. The van der Waals surface area contributed by atoms with Crippen LogP contribution in [0.5, 0.6) is 0 Å². The summed E-state index contributed by atoms with van der Waals surface area (Å²) < 4.78 is 7.04. The lowest BCUT2D eigenvalue weighted by molar-refractivity contribution is -0.147. The van der Waals surface area contributed by atoms with Crippen LogP contribution in [0.4, 0.5) is 0 Å². The molecule has 0 aliphatic heterocycles. The van der Waals surface area contributed by atoms with E-state index in [1.807, 2.05) is 18.4 Å². The van der Waals surface area contributed by atoms with Crippen LogP contribution in [0, 0.1) is 5.92 Å². The fourth-order valence-electron chi connectivity index (χ4n) is 3.18. The van der Waals surface area contributed by atoms with E-state index < -0.39 is 24.0 Å². The van der Waals surface area contributed by atoms with Crippen molar-refractivity contribution < 1.29 is 19.4 Å². The summed E-state index contributed by atoms with van der Waals surface area (Å²) in [6, 6.07) is 3.59. The molecular formula is C21H27Cl2N3O4. The highest BCUT2D eigenvalue weighted by Gasteiger charge is 2.28. The van der Waals surface area contributed by atoms with Gasteiger partial charge in [0.05, 0.1) is 12.9 Å². The Kier molecular flexibility index (Phi) is 9.14. The number of esters is 1. The number of nitrogens with one attached hydrogen (secondary N) is 1. The average molecular weight is 456 g/mol. The molecule has 0 aliphatic rings. The number of imidazole rings is 1. The first-order valence-corrected chi connectivity index (χ1v) is 10.5. The van der Waals surface area contributed by atoms with Gasteiger partial charge >= 0.3 is 11.9 Å². The van der Waals surface area contributed by atoms with E-state index in [2.05, 4.69) is 10.3 Å². The maximum absolute atomic E-state index is 12.5. The van der Waals surface area contributed by atoms with E-state index in [0.29, 0.717) is 23.0 Å². The minimum atomic E-state index is -1.000. The van der Waals surface area contributed by atoms with Crippen LogP contribution in [0.1, 0.15) is 38.4 Å². The van der Waals surface area contributed by atoms with Crippen molar-refractivity contribution in [3.8, 4) is 0 Å². The van der Waals surface area contributed by atoms with E-state index in [1.54, 1.807) is 37.6 Å². The second-order valence-corrected chi connectivity index (χ2v) is 8.36. The Balaban J connectivity index is 2.22. The van der Waals surface area contributed by atoms with Crippen molar-refractivity contribution in [1.29, 1.82) is 0 Å². The van der Waals surface area contributed by atoms with Gasteiger partial charge in [-0.25, -0.2) is 4.98 Å². The van der Waals surface area contributed by atoms with Gasteiger partial charge in [0.25, 0.3) is 0 Å². The lowest BCUT2D eigenvalue weighted by Crippen LogP contribution is -2.49. The predicted octanol–water partition coefficient (Wildman–Crippen LogP) is 3.80. The normalized spacial score (nSPS) is 13.3. The Bertz CT molecular complexity index is 849. The van der Waals surface area contributed by atoms with E-state index in [0.717, 1.165) is 11.3 Å². The number of carboxylic acid groups (broad SMARTS) is 1. The molecule has 0 aliphatic carbocycles. The number of halogens is 2. The first-order valence-electron chi connectivity index (χ1n) is 9.79. The number of carbonyl (C=O) groups excluding carboxylic acids is 1. The van der Waals surface area contributed by atoms with Gasteiger partial charge in [0.2, 0.25) is 0 Å². The molecule has 1 unspecified atom stereocenters. The number of carbonyl (C=O) groups is 2. The van der Waals surface area contributed by atoms with Gasteiger partial charge in [0.1, 0.15) is 12.1 Å². The maximum atomic E-state index is 12.5. The molecule has 0 saturated heterocycles. The first kappa shape index (κ1) is 24.2. The van der Waals surface area contributed by atoms with Crippen molar-refractivity contribution in [2.75, 3.05) is 6.61 Å². The lowest BCUT2D eigenvalue weighted by Gasteiger charge is -2.23. The van der Waals surface area contributed by atoms with Crippen molar-refractivity contribution in [2.45, 2.75) is 52.2 Å². The zero-order valence-electron chi connectivity index (χ0n) is 17.3. The Morgan fingerprint density at radius 3 is 2.43 bits per heavy atom. The summed E-state index contributed by atoms with van der Waals surface area (Å²) in [6.45, 7) is 6.24. The van der Waals surface area contributed by atoms with Crippen LogP contribution < -0.4 is 5.32 Å². The minimum Gasteiger partial charge on any atom is -0.480 e. The van der Waals surface area contributed by atoms with Crippen LogP contribution in [-0.4, -0.2) is 45.3 Å². The maximum Gasteiger partial charge on any atom is 0.323 e. The summed E-state index contributed by atoms with van der Waals surface area (Å²) >= 11 is 12.2. The van der Waals surface area contributed by atoms with E-state index in [4.69, 9.17) is 27.9 Å². The number of aliphatic carboxylic acids is 1. The number of rotatable bonds is 11.